The lowest BCUT2D eigenvalue weighted by atomic mass is 10.2. The smallest absolute Gasteiger partial charge is 0.252 e. The van der Waals surface area contributed by atoms with E-state index in [-0.39, 0.29) is 5.91 Å². The molecule has 0 saturated carbocycles. The van der Waals surface area contributed by atoms with E-state index in [2.05, 4.69) is 10.5 Å². The van der Waals surface area contributed by atoms with Gasteiger partial charge in [0.15, 0.2) is 5.76 Å². The third kappa shape index (κ3) is 4.71. The second kappa shape index (κ2) is 9.02. The molecule has 152 valence electrons. The van der Waals surface area contributed by atoms with Crippen LogP contribution in [0.4, 0.5) is 5.69 Å². The number of thiophene rings is 1. The second-order valence-electron chi connectivity index (χ2n) is 6.72. The highest BCUT2D eigenvalue weighted by molar-refractivity contribution is 7.91. The highest BCUT2D eigenvalue weighted by Gasteiger charge is 2.26. The minimum absolute atomic E-state index is 0.122. The van der Waals surface area contributed by atoms with Crippen LogP contribution in [-0.4, -0.2) is 36.9 Å². The molecule has 7 nitrogen and oxygen atoms in total. The first-order valence-electron chi connectivity index (χ1n) is 9.46. The molecule has 1 N–H and O–H groups in total. The predicted octanol–water partition coefficient (Wildman–Crippen LogP) is 4.13. The van der Waals surface area contributed by atoms with Gasteiger partial charge in [0.25, 0.3) is 10.0 Å². The van der Waals surface area contributed by atoms with Gasteiger partial charge in [-0.15, -0.1) is 11.3 Å². The molecule has 1 aliphatic heterocycles. The number of rotatable bonds is 6. The molecule has 1 amide bonds. The van der Waals surface area contributed by atoms with E-state index in [9.17, 15) is 13.2 Å². The monoisotopic (exact) mass is 423 g/mol. The predicted molar refractivity (Wildman–Crippen MR) is 111 cm³/mol. The summed E-state index contributed by atoms with van der Waals surface area (Å²) in [7, 11) is -3.45. The fourth-order valence-electron chi connectivity index (χ4n) is 3.01. The summed E-state index contributed by atoms with van der Waals surface area (Å²) in [6.45, 7) is 4.70. The highest BCUT2D eigenvalue weighted by Crippen LogP contribution is 2.29. The summed E-state index contributed by atoms with van der Waals surface area (Å²) >= 11 is 1.22. The molecular weight excluding hydrogens is 398 g/mol. The van der Waals surface area contributed by atoms with E-state index in [0.29, 0.717) is 40.9 Å². The number of sulfonamides is 1. The Morgan fingerprint density at radius 1 is 1.25 bits per heavy atom. The van der Waals surface area contributed by atoms with Crippen molar-refractivity contribution < 1.29 is 17.7 Å². The van der Waals surface area contributed by atoms with E-state index in [4.69, 9.17) is 4.52 Å². The van der Waals surface area contributed by atoms with Crippen molar-refractivity contribution in [3.8, 4) is 0 Å². The summed E-state index contributed by atoms with van der Waals surface area (Å²) in [5.41, 5.74) is 1.13. The SMILES string of the molecule is CCC(=O)Nc1c(C)noc1C=Cc1ccc(S(=O)(=O)N2CCCCCC2)s1. The van der Waals surface area contributed by atoms with E-state index >= 15 is 0 Å². The van der Waals surface area contributed by atoms with Crippen molar-refractivity contribution in [2.24, 2.45) is 0 Å². The number of anilines is 1. The molecule has 0 bridgehead atoms. The fraction of sp³-hybridized carbons (Fsp3) is 0.474. The molecule has 9 heteroatoms. The summed E-state index contributed by atoms with van der Waals surface area (Å²) in [6, 6.07) is 3.43. The number of carbonyl (C=O) groups excluding carboxylic acids is 1. The minimum atomic E-state index is -3.45. The Balaban J connectivity index is 1.77. The second-order valence-corrected chi connectivity index (χ2v) is 10.00. The van der Waals surface area contributed by atoms with Crippen LogP contribution in [0.15, 0.2) is 20.9 Å². The maximum absolute atomic E-state index is 12.9. The average Bonchev–Trinajstić information content (AvgIpc) is 3.17. The van der Waals surface area contributed by atoms with Crippen LogP contribution in [0.5, 0.6) is 0 Å². The van der Waals surface area contributed by atoms with Crippen LogP contribution >= 0.6 is 11.3 Å². The number of amides is 1. The van der Waals surface area contributed by atoms with Gasteiger partial charge in [-0.3, -0.25) is 4.79 Å². The van der Waals surface area contributed by atoms with E-state index in [1.807, 2.05) is 0 Å². The lowest BCUT2D eigenvalue weighted by Gasteiger charge is -2.18. The van der Waals surface area contributed by atoms with Crippen LogP contribution < -0.4 is 5.32 Å². The lowest BCUT2D eigenvalue weighted by Crippen LogP contribution is -2.31. The van der Waals surface area contributed by atoms with Crippen LogP contribution in [-0.2, 0) is 14.8 Å². The van der Waals surface area contributed by atoms with Crippen LogP contribution in [0.25, 0.3) is 12.2 Å². The molecule has 2 aromatic rings. The number of aromatic nitrogens is 1. The Hall–Kier alpha value is -1.97. The van der Waals surface area contributed by atoms with Gasteiger partial charge in [-0.1, -0.05) is 24.9 Å². The summed E-state index contributed by atoms with van der Waals surface area (Å²) in [5.74, 6) is 0.313. The summed E-state index contributed by atoms with van der Waals surface area (Å²) in [6.07, 6.45) is 7.81. The van der Waals surface area contributed by atoms with E-state index in [0.717, 1.165) is 30.6 Å². The fourth-order valence-corrected chi connectivity index (χ4v) is 5.91. The largest absolute Gasteiger partial charge is 0.354 e. The van der Waals surface area contributed by atoms with E-state index < -0.39 is 10.0 Å². The van der Waals surface area contributed by atoms with Crippen molar-refractivity contribution in [2.75, 3.05) is 18.4 Å². The molecule has 2 aromatic heterocycles. The normalized spacial score (nSPS) is 16.4. The molecule has 0 unspecified atom stereocenters. The Labute approximate surface area is 169 Å². The molecule has 1 fully saturated rings. The number of aryl methyl sites for hydroxylation is 1. The first-order chi connectivity index (χ1) is 13.4. The molecular formula is C19H25N3O4S2. The van der Waals surface area contributed by atoms with E-state index in [1.54, 1.807) is 42.4 Å². The van der Waals surface area contributed by atoms with Crippen molar-refractivity contribution in [1.29, 1.82) is 0 Å². The Kier molecular flexibility index (Phi) is 6.69. The van der Waals surface area contributed by atoms with E-state index in [1.165, 1.54) is 11.3 Å². The molecule has 0 aliphatic carbocycles. The molecule has 0 atom stereocenters. The van der Waals surface area contributed by atoms with Gasteiger partial charge < -0.3 is 9.84 Å². The first kappa shape index (κ1) is 20.8. The quantitative estimate of drug-likeness (QED) is 0.754. The van der Waals surface area contributed by atoms with Crippen molar-refractivity contribution in [3.05, 3.63) is 28.5 Å². The summed E-state index contributed by atoms with van der Waals surface area (Å²) in [4.78, 5) is 12.5. The van der Waals surface area contributed by atoms with Gasteiger partial charge in [0.1, 0.15) is 15.6 Å². The van der Waals surface area contributed by atoms with Gasteiger partial charge >= 0.3 is 0 Å². The highest BCUT2D eigenvalue weighted by atomic mass is 32.2. The van der Waals surface area contributed by atoms with Gasteiger partial charge in [0.2, 0.25) is 5.91 Å². The van der Waals surface area contributed by atoms with Crippen molar-refractivity contribution in [2.45, 2.75) is 50.2 Å². The van der Waals surface area contributed by atoms with Crippen molar-refractivity contribution >= 4 is 45.1 Å². The Morgan fingerprint density at radius 2 is 1.96 bits per heavy atom. The number of hydrogen-bond acceptors (Lipinski definition) is 6. The van der Waals surface area contributed by atoms with Crippen molar-refractivity contribution in [1.82, 2.24) is 9.46 Å². The third-order valence-corrected chi connectivity index (χ3v) is 8.05. The molecule has 0 aromatic carbocycles. The minimum Gasteiger partial charge on any atom is -0.354 e. The van der Waals surface area contributed by atoms with Gasteiger partial charge in [0, 0.05) is 24.4 Å². The number of carbonyl (C=O) groups is 1. The zero-order valence-corrected chi connectivity index (χ0v) is 17.7. The van der Waals surface area contributed by atoms with Gasteiger partial charge in [0.05, 0.1) is 0 Å². The zero-order valence-electron chi connectivity index (χ0n) is 16.1. The van der Waals surface area contributed by atoms with Gasteiger partial charge in [-0.25, -0.2) is 8.42 Å². The molecule has 3 rings (SSSR count). The molecule has 0 radical (unpaired) electrons. The van der Waals surface area contributed by atoms with Crippen LogP contribution in [0.3, 0.4) is 0 Å². The number of nitrogens with one attached hydrogen (secondary N) is 1. The standard InChI is InChI=1S/C19H25N3O4S2/c1-3-17(23)20-19-14(2)21-26-16(19)10-8-15-9-11-18(27-15)28(24,25)22-12-6-4-5-7-13-22/h8-11H,3-7,12-13H2,1-2H3,(H,20,23). The third-order valence-electron chi connectivity index (χ3n) is 4.63. The molecule has 1 aliphatic rings. The van der Waals surface area contributed by atoms with Crippen LogP contribution in [0.1, 0.15) is 55.4 Å². The van der Waals surface area contributed by atoms with Crippen LogP contribution in [0, 0.1) is 6.92 Å². The van der Waals surface area contributed by atoms with Crippen molar-refractivity contribution in [3.63, 3.8) is 0 Å². The lowest BCUT2D eigenvalue weighted by molar-refractivity contribution is -0.115. The molecule has 3 heterocycles. The summed E-state index contributed by atoms with van der Waals surface area (Å²) < 4.78 is 33.0. The maximum atomic E-state index is 12.9. The maximum Gasteiger partial charge on any atom is 0.252 e. The molecule has 0 spiro atoms. The van der Waals surface area contributed by atoms with Gasteiger partial charge in [-0.2, -0.15) is 4.31 Å². The molecule has 28 heavy (non-hydrogen) atoms. The topological polar surface area (TPSA) is 92.5 Å². The number of hydrogen-bond donors (Lipinski definition) is 1. The average molecular weight is 424 g/mol. The zero-order chi connectivity index (χ0) is 20.1. The Morgan fingerprint density at radius 3 is 2.64 bits per heavy atom. The van der Waals surface area contributed by atoms with Crippen LogP contribution in [0.2, 0.25) is 0 Å². The molecule has 1 saturated heterocycles. The Bertz CT molecular complexity index is 952. The summed E-state index contributed by atoms with van der Waals surface area (Å²) in [5, 5.41) is 6.67. The number of nitrogens with zero attached hydrogens (tertiary/aromatic N) is 2. The first-order valence-corrected chi connectivity index (χ1v) is 11.7. The van der Waals surface area contributed by atoms with Gasteiger partial charge in [-0.05, 0) is 44.1 Å².